The van der Waals surface area contributed by atoms with Crippen LogP contribution in [0.5, 0.6) is 0 Å². The first-order valence-electron chi connectivity index (χ1n) is 3.67. The van der Waals surface area contributed by atoms with E-state index in [1.54, 1.807) is 12.1 Å². The van der Waals surface area contributed by atoms with Crippen molar-refractivity contribution in [2.24, 2.45) is 0 Å². The Morgan fingerprint density at radius 1 is 1.58 bits per heavy atom. The minimum atomic E-state index is -0.189. The maximum atomic E-state index is 13.1. The number of halogens is 3. The lowest BCUT2D eigenvalue weighted by atomic mass is 10.1. The summed E-state index contributed by atoms with van der Waals surface area (Å²) in [6.07, 6.45) is 0.659. The van der Waals surface area contributed by atoms with Crippen LogP contribution in [-0.2, 0) is 6.42 Å². The molecule has 0 heterocycles. The molecule has 1 aromatic carbocycles. The van der Waals surface area contributed by atoms with Crippen LogP contribution in [0.3, 0.4) is 0 Å². The normalized spacial score (nSPS) is 13.0. The highest BCUT2D eigenvalue weighted by atomic mass is 79.9. The summed E-state index contributed by atoms with van der Waals surface area (Å²) in [4.78, 5) is 0.269. The molecule has 0 aliphatic rings. The largest absolute Gasteiger partial charge is 0.207 e. The van der Waals surface area contributed by atoms with Gasteiger partial charge in [-0.05, 0) is 30.2 Å². The van der Waals surface area contributed by atoms with Crippen molar-refractivity contribution in [2.75, 3.05) is 0 Å². The van der Waals surface area contributed by atoms with Crippen molar-refractivity contribution in [1.29, 1.82) is 0 Å². The number of alkyl halides is 1. The molecule has 0 aliphatic heterocycles. The van der Waals surface area contributed by atoms with Gasteiger partial charge in [0.05, 0.1) is 0 Å². The van der Waals surface area contributed by atoms with E-state index in [0.717, 1.165) is 0 Å². The van der Waals surface area contributed by atoms with Crippen molar-refractivity contribution in [3.63, 3.8) is 0 Å². The van der Waals surface area contributed by atoms with Gasteiger partial charge in [0.1, 0.15) is 5.82 Å². The first-order valence-corrected chi connectivity index (χ1v) is 4.97. The zero-order chi connectivity index (χ0) is 9.14. The van der Waals surface area contributed by atoms with E-state index in [0.29, 0.717) is 17.0 Å². The van der Waals surface area contributed by atoms with Crippen LogP contribution < -0.4 is 0 Å². The van der Waals surface area contributed by atoms with E-state index in [4.69, 9.17) is 11.6 Å². The Kier molecular flexibility index (Phi) is 3.53. The highest BCUT2D eigenvalue weighted by Gasteiger charge is 2.05. The summed E-state index contributed by atoms with van der Waals surface area (Å²) in [6.45, 7) is 1.97. The summed E-state index contributed by atoms with van der Waals surface area (Å²) in [5.74, 6) is -0.189. The minimum Gasteiger partial charge on any atom is -0.207 e. The lowest BCUT2D eigenvalue weighted by Crippen LogP contribution is -1.99. The molecule has 12 heavy (non-hydrogen) atoms. The second-order valence-corrected chi connectivity index (χ2v) is 4.72. The molecule has 0 N–H and O–H groups in total. The van der Waals surface area contributed by atoms with Gasteiger partial charge in [0.15, 0.2) is 0 Å². The van der Waals surface area contributed by atoms with Gasteiger partial charge in [-0.15, -0.1) is 0 Å². The molecule has 3 heteroatoms. The number of rotatable bonds is 2. The summed E-state index contributed by atoms with van der Waals surface area (Å²) >= 11 is 9.08. The van der Waals surface area contributed by atoms with Crippen LogP contribution in [0.15, 0.2) is 18.2 Å². The third kappa shape index (κ3) is 2.76. The summed E-state index contributed by atoms with van der Waals surface area (Å²) in [5.41, 5.74) is 0.659. The molecule has 0 radical (unpaired) electrons. The summed E-state index contributed by atoms with van der Waals surface area (Å²) in [6, 6.07) is 4.61. The van der Waals surface area contributed by atoms with Crippen molar-refractivity contribution in [3.8, 4) is 0 Å². The summed E-state index contributed by atoms with van der Waals surface area (Å²) < 4.78 is 13.1. The van der Waals surface area contributed by atoms with E-state index in [-0.39, 0.29) is 10.6 Å². The van der Waals surface area contributed by atoms with Gasteiger partial charge in [-0.3, -0.25) is 0 Å². The number of hydrogen-bond acceptors (Lipinski definition) is 0. The van der Waals surface area contributed by atoms with Gasteiger partial charge in [0.2, 0.25) is 0 Å². The first-order chi connectivity index (χ1) is 5.59. The summed E-state index contributed by atoms with van der Waals surface area (Å²) in [7, 11) is 0. The van der Waals surface area contributed by atoms with Crippen LogP contribution in [0.4, 0.5) is 4.39 Å². The van der Waals surface area contributed by atoms with Crippen LogP contribution >= 0.6 is 27.5 Å². The fourth-order valence-corrected chi connectivity index (χ4v) is 1.55. The molecule has 1 rings (SSSR count). The predicted octanol–water partition coefficient (Wildman–Crippen LogP) is 3.81. The van der Waals surface area contributed by atoms with Crippen LogP contribution in [0.1, 0.15) is 12.5 Å². The molecular weight excluding hydrogens is 242 g/mol. The lowest BCUT2D eigenvalue weighted by Gasteiger charge is -2.04. The molecule has 1 aromatic rings. The van der Waals surface area contributed by atoms with Gasteiger partial charge >= 0.3 is 0 Å². The SMILES string of the molecule is CC(Br)Cc1cc(Cl)ccc1F. The zero-order valence-corrected chi connectivity index (χ0v) is 8.99. The maximum Gasteiger partial charge on any atom is 0.126 e. The van der Waals surface area contributed by atoms with Gasteiger partial charge < -0.3 is 0 Å². The van der Waals surface area contributed by atoms with Crippen LogP contribution in [0, 0.1) is 5.82 Å². The van der Waals surface area contributed by atoms with Crippen LogP contribution in [0.25, 0.3) is 0 Å². The van der Waals surface area contributed by atoms with Crippen LogP contribution in [0.2, 0.25) is 5.02 Å². The van der Waals surface area contributed by atoms with Crippen molar-refractivity contribution in [1.82, 2.24) is 0 Å². The van der Waals surface area contributed by atoms with E-state index in [9.17, 15) is 4.39 Å². The standard InChI is InChI=1S/C9H9BrClF/c1-6(10)4-7-5-8(11)2-3-9(7)12/h2-3,5-6H,4H2,1H3. The Labute approximate surface area is 84.9 Å². The Morgan fingerprint density at radius 2 is 2.25 bits per heavy atom. The van der Waals surface area contributed by atoms with E-state index in [2.05, 4.69) is 15.9 Å². The Hall–Kier alpha value is -0.0800. The maximum absolute atomic E-state index is 13.1. The van der Waals surface area contributed by atoms with Gasteiger partial charge in [-0.25, -0.2) is 4.39 Å². The molecule has 66 valence electrons. The molecule has 1 unspecified atom stereocenters. The monoisotopic (exact) mass is 250 g/mol. The quantitative estimate of drug-likeness (QED) is 0.701. The molecule has 0 amide bonds. The van der Waals surface area contributed by atoms with Gasteiger partial charge in [-0.1, -0.05) is 34.5 Å². The lowest BCUT2D eigenvalue weighted by molar-refractivity contribution is 0.609. The van der Waals surface area contributed by atoms with Gasteiger partial charge in [-0.2, -0.15) is 0 Å². The van der Waals surface area contributed by atoms with E-state index in [1.165, 1.54) is 6.07 Å². The van der Waals surface area contributed by atoms with Crippen molar-refractivity contribution in [2.45, 2.75) is 18.2 Å². The third-order valence-corrected chi connectivity index (χ3v) is 2.07. The summed E-state index contributed by atoms with van der Waals surface area (Å²) in [5, 5.41) is 0.583. The fraction of sp³-hybridized carbons (Fsp3) is 0.333. The second-order valence-electron chi connectivity index (χ2n) is 2.72. The van der Waals surface area contributed by atoms with Gasteiger partial charge in [0, 0.05) is 9.85 Å². The highest BCUT2D eigenvalue weighted by Crippen LogP contribution is 2.18. The van der Waals surface area contributed by atoms with Crippen molar-refractivity contribution >= 4 is 27.5 Å². The predicted molar refractivity (Wildman–Crippen MR) is 53.5 cm³/mol. The molecule has 0 bridgehead atoms. The highest BCUT2D eigenvalue weighted by molar-refractivity contribution is 9.09. The first kappa shape index (κ1) is 10.0. The molecule has 1 atom stereocenters. The smallest absolute Gasteiger partial charge is 0.126 e. The zero-order valence-electron chi connectivity index (χ0n) is 6.65. The Balaban J connectivity index is 2.90. The Morgan fingerprint density at radius 3 is 2.83 bits per heavy atom. The van der Waals surface area contributed by atoms with Crippen molar-refractivity contribution < 1.29 is 4.39 Å². The van der Waals surface area contributed by atoms with Gasteiger partial charge in [0.25, 0.3) is 0 Å². The van der Waals surface area contributed by atoms with E-state index in [1.807, 2.05) is 6.92 Å². The second kappa shape index (κ2) is 4.24. The third-order valence-electron chi connectivity index (χ3n) is 1.51. The van der Waals surface area contributed by atoms with Crippen LogP contribution in [-0.4, -0.2) is 4.83 Å². The molecule has 0 aromatic heterocycles. The molecule has 0 saturated carbocycles. The molecule has 0 fully saturated rings. The molecular formula is C9H9BrClF. The average Bonchev–Trinajstić information content (AvgIpc) is 1.96. The number of hydrogen-bond donors (Lipinski definition) is 0. The molecule has 0 spiro atoms. The minimum absolute atomic E-state index is 0.189. The Bertz CT molecular complexity index is 273. The van der Waals surface area contributed by atoms with E-state index >= 15 is 0 Å². The topological polar surface area (TPSA) is 0 Å². The van der Waals surface area contributed by atoms with E-state index < -0.39 is 0 Å². The van der Waals surface area contributed by atoms with Crippen molar-refractivity contribution in [3.05, 3.63) is 34.6 Å². The fourth-order valence-electron chi connectivity index (χ4n) is 1.00. The molecule has 0 saturated heterocycles. The average molecular weight is 252 g/mol. The number of benzene rings is 1. The molecule has 0 aliphatic carbocycles. The molecule has 0 nitrogen and oxygen atoms in total.